The smallest absolute Gasteiger partial charge is 0.228 e. The molecule has 1 amide bonds. The van der Waals surface area contributed by atoms with E-state index >= 15 is 0 Å². The molecule has 2 unspecified atom stereocenters. The van der Waals surface area contributed by atoms with E-state index in [0.717, 1.165) is 38.8 Å². The number of likely N-dealkylation sites (tertiary alicyclic amines) is 1. The fourth-order valence-electron chi connectivity index (χ4n) is 4.07. The van der Waals surface area contributed by atoms with Crippen molar-refractivity contribution in [2.75, 3.05) is 13.1 Å². The van der Waals surface area contributed by atoms with Crippen LogP contribution in [-0.2, 0) is 4.79 Å². The SMILES string of the molecule is CC(C)CC1(C(=O)N2CCC(C(C)N)C2)CCCC1.Cl. The minimum absolute atomic E-state index is 0. The highest BCUT2D eigenvalue weighted by Crippen LogP contribution is 2.45. The van der Waals surface area contributed by atoms with Gasteiger partial charge in [0.1, 0.15) is 0 Å². The van der Waals surface area contributed by atoms with Crippen molar-refractivity contribution < 1.29 is 4.79 Å². The zero-order chi connectivity index (χ0) is 14.0. The standard InChI is InChI=1S/C16H30N2O.ClH/c1-12(2)10-16(7-4-5-8-16)15(19)18-9-6-14(11-18)13(3)17;/h12-14H,4-11,17H2,1-3H3;1H. The maximum Gasteiger partial charge on any atom is 0.228 e. The molecule has 2 aliphatic rings. The van der Waals surface area contributed by atoms with E-state index in [4.69, 9.17) is 5.73 Å². The summed E-state index contributed by atoms with van der Waals surface area (Å²) in [4.78, 5) is 15.1. The van der Waals surface area contributed by atoms with E-state index in [1.807, 2.05) is 0 Å². The zero-order valence-electron chi connectivity index (χ0n) is 13.2. The Hall–Kier alpha value is -0.280. The molecule has 1 heterocycles. The number of carbonyl (C=O) groups excluding carboxylic acids is 1. The van der Waals surface area contributed by atoms with Gasteiger partial charge in [-0.3, -0.25) is 4.79 Å². The van der Waals surface area contributed by atoms with Crippen molar-refractivity contribution in [1.29, 1.82) is 0 Å². The molecule has 1 saturated heterocycles. The molecule has 2 fully saturated rings. The third-order valence-corrected chi connectivity index (χ3v) is 5.07. The van der Waals surface area contributed by atoms with Crippen molar-refractivity contribution in [3.63, 3.8) is 0 Å². The van der Waals surface area contributed by atoms with Gasteiger partial charge in [0, 0.05) is 24.5 Å². The lowest BCUT2D eigenvalue weighted by Crippen LogP contribution is -2.43. The average Bonchev–Trinajstić information content (AvgIpc) is 2.95. The van der Waals surface area contributed by atoms with Crippen LogP contribution in [0.2, 0.25) is 0 Å². The number of halogens is 1. The van der Waals surface area contributed by atoms with Crippen molar-refractivity contribution in [2.24, 2.45) is 23.0 Å². The molecule has 2 N–H and O–H groups in total. The van der Waals surface area contributed by atoms with Gasteiger partial charge in [-0.15, -0.1) is 12.4 Å². The molecule has 20 heavy (non-hydrogen) atoms. The maximum absolute atomic E-state index is 13.0. The molecule has 1 aliphatic heterocycles. The van der Waals surface area contributed by atoms with E-state index in [0.29, 0.717) is 17.7 Å². The Morgan fingerprint density at radius 1 is 1.30 bits per heavy atom. The molecule has 0 aromatic heterocycles. The number of carbonyl (C=O) groups is 1. The van der Waals surface area contributed by atoms with Crippen LogP contribution in [0.25, 0.3) is 0 Å². The van der Waals surface area contributed by atoms with E-state index in [1.165, 1.54) is 12.8 Å². The molecule has 1 aliphatic carbocycles. The number of nitrogens with zero attached hydrogens (tertiary/aromatic N) is 1. The molecular weight excluding hydrogens is 272 g/mol. The van der Waals surface area contributed by atoms with E-state index in [9.17, 15) is 4.79 Å². The van der Waals surface area contributed by atoms with Crippen molar-refractivity contribution in [3.8, 4) is 0 Å². The van der Waals surface area contributed by atoms with Gasteiger partial charge in [0.2, 0.25) is 5.91 Å². The quantitative estimate of drug-likeness (QED) is 0.867. The summed E-state index contributed by atoms with van der Waals surface area (Å²) in [5.41, 5.74) is 5.95. The van der Waals surface area contributed by atoms with Gasteiger partial charge in [0.05, 0.1) is 0 Å². The van der Waals surface area contributed by atoms with Crippen molar-refractivity contribution in [3.05, 3.63) is 0 Å². The lowest BCUT2D eigenvalue weighted by molar-refractivity contribution is -0.142. The summed E-state index contributed by atoms with van der Waals surface area (Å²) in [5.74, 6) is 1.54. The lowest BCUT2D eigenvalue weighted by Gasteiger charge is -2.34. The molecule has 2 rings (SSSR count). The number of nitrogens with two attached hydrogens (primary N) is 1. The van der Waals surface area contributed by atoms with Gasteiger partial charge in [0.25, 0.3) is 0 Å². The van der Waals surface area contributed by atoms with Crippen LogP contribution in [0.5, 0.6) is 0 Å². The van der Waals surface area contributed by atoms with Crippen LogP contribution in [0.4, 0.5) is 0 Å². The van der Waals surface area contributed by atoms with E-state index in [2.05, 4.69) is 25.7 Å². The van der Waals surface area contributed by atoms with Gasteiger partial charge < -0.3 is 10.6 Å². The predicted octanol–water partition coefficient (Wildman–Crippen LogP) is 3.21. The van der Waals surface area contributed by atoms with Crippen LogP contribution in [0.1, 0.15) is 59.3 Å². The van der Waals surface area contributed by atoms with Crippen LogP contribution in [0.3, 0.4) is 0 Å². The predicted molar refractivity (Wildman–Crippen MR) is 85.9 cm³/mol. The lowest BCUT2D eigenvalue weighted by atomic mass is 9.77. The van der Waals surface area contributed by atoms with Crippen LogP contribution in [-0.4, -0.2) is 29.9 Å². The summed E-state index contributed by atoms with van der Waals surface area (Å²) in [6.07, 6.45) is 6.80. The maximum atomic E-state index is 13.0. The summed E-state index contributed by atoms with van der Waals surface area (Å²) in [6, 6.07) is 0.211. The summed E-state index contributed by atoms with van der Waals surface area (Å²) < 4.78 is 0. The van der Waals surface area contributed by atoms with Crippen molar-refractivity contribution in [2.45, 2.75) is 65.3 Å². The summed E-state index contributed by atoms with van der Waals surface area (Å²) in [7, 11) is 0. The van der Waals surface area contributed by atoms with Crippen LogP contribution in [0, 0.1) is 17.3 Å². The number of hydrogen-bond donors (Lipinski definition) is 1. The molecule has 0 aromatic rings. The molecule has 3 nitrogen and oxygen atoms in total. The van der Waals surface area contributed by atoms with Crippen molar-refractivity contribution >= 4 is 18.3 Å². The van der Waals surface area contributed by atoms with Gasteiger partial charge in [-0.25, -0.2) is 0 Å². The van der Waals surface area contributed by atoms with E-state index in [1.54, 1.807) is 0 Å². The monoisotopic (exact) mass is 302 g/mol. The third kappa shape index (κ3) is 3.67. The number of hydrogen-bond acceptors (Lipinski definition) is 2. The highest BCUT2D eigenvalue weighted by atomic mass is 35.5. The van der Waals surface area contributed by atoms with E-state index < -0.39 is 0 Å². The fourth-order valence-corrected chi connectivity index (χ4v) is 4.07. The van der Waals surface area contributed by atoms with Gasteiger partial charge >= 0.3 is 0 Å². The summed E-state index contributed by atoms with van der Waals surface area (Å²) in [5, 5.41) is 0. The first-order valence-corrected chi connectivity index (χ1v) is 7.99. The van der Waals surface area contributed by atoms with E-state index in [-0.39, 0.29) is 23.9 Å². The molecule has 0 radical (unpaired) electrons. The molecule has 0 aromatic carbocycles. The van der Waals surface area contributed by atoms with Crippen LogP contribution >= 0.6 is 12.4 Å². The first-order valence-electron chi connectivity index (χ1n) is 7.99. The Bertz CT molecular complexity index is 324. The average molecular weight is 303 g/mol. The minimum atomic E-state index is -0.0408. The Balaban J connectivity index is 0.00000200. The zero-order valence-corrected chi connectivity index (χ0v) is 14.0. The molecule has 0 spiro atoms. The van der Waals surface area contributed by atoms with Gasteiger partial charge in [-0.2, -0.15) is 0 Å². The first kappa shape index (κ1) is 17.8. The Morgan fingerprint density at radius 3 is 2.35 bits per heavy atom. The van der Waals surface area contributed by atoms with Gasteiger partial charge in [-0.05, 0) is 44.4 Å². The summed E-state index contributed by atoms with van der Waals surface area (Å²) >= 11 is 0. The van der Waals surface area contributed by atoms with Gasteiger partial charge in [0.15, 0.2) is 0 Å². The highest BCUT2D eigenvalue weighted by molar-refractivity contribution is 5.85. The first-order chi connectivity index (χ1) is 8.94. The number of amides is 1. The molecule has 4 heteroatoms. The minimum Gasteiger partial charge on any atom is -0.342 e. The highest BCUT2D eigenvalue weighted by Gasteiger charge is 2.45. The Morgan fingerprint density at radius 2 is 1.90 bits per heavy atom. The summed E-state index contributed by atoms with van der Waals surface area (Å²) in [6.45, 7) is 8.35. The fraction of sp³-hybridized carbons (Fsp3) is 0.938. The Kier molecular flexibility index (Phi) is 6.33. The van der Waals surface area contributed by atoms with Gasteiger partial charge in [-0.1, -0.05) is 26.7 Å². The largest absolute Gasteiger partial charge is 0.342 e. The van der Waals surface area contributed by atoms with Crippen LogP contribution < -0.4 is 5.73 Å². The molecule has 118 valence electrons. The topological polar surface area (TPSA) is 46.3 Å². The second-order valence-electron chi connectivity index (χ2n) is 7.24. The number of rotatable bonds is 4. The Labute approximate surface area is 130 Å². The third-order valence-electron chi connectivity index (χ3n) is 5.07. The second kappa shape index (κ2) is 7.13. The molecule has 2 atom stereocenters. The normalized spacial score (nSPS) is 26.6. The van der Waals surface area contributed by atoms with Crippen molar-refractivity contribution in [1.82, 2.24) is 4.90 Å². The second-order valence-corrected chi connectivity index (χ2v) is 7.24. The van der Waals surface area contributed by atoms with Crippen LogP contribution in [0.15, 0.2) is 0 Å². The molecule has 0 bridgehead atoms. The molecule has 1 saturated carbocycles. The molecular formula is C16H31ClN2O.